The summed E-state index contributed by atoms with van der Waals surface area (Å²) in [7, 11) is 0. The fraction of sp³-hybridized carbons (Fsp3) is 1.00. The second kappa shape index (κ2) is 4.73. The smallest absolute Gasteiger partial charge is 0.0319 e. The summed E-state index contributed by atoms with van der Waals surface area (Å²) in [5, 5.41) is 6.91. The van der Waals surface area contributed by atoms with Crippen LogP contribution >= 0.6 is 0 Å². The quantitative estimate of drug-likeness (QED) is 0.623. The fourth-order valence-electron chi connectivity index (χ4n) is 1.49. The van der Waals surface area contributed by atoms with E-state index in [1.807, 2.05) is 0 Å². The van der Waals surface area contributed by atoms with E-state index in [9.17, 15) is 0 Å². The van der Waals surface area contributed by atoms with Crippen LogP contribution < -0.4 is 10.6 Å². The summed E-state index contributed by atoms with van der Waals surface area (Å²) in [6, 6.07) is 1.51. The highest BCUT2D eigenvalue weighted by atomic mass is 15.1. The topological polar surface area (TPSA) is 24.1 Å². The van der Waals surface area contributed by atoms with E-state index in [2.05, 4.69) is 24.5 Å². The lowest BCUT2D eigenvalue weighted by Crippen LogP contribution is -2.57. The summed E-state index contributed by atoms with van der Waals surface area (Å²) in [4.78, 5) is 0. The van der Waals surface area contributed by atoms with Crippen molar-refractivity contribution < 1.29 is 0 Å². The van der Waals surface area contributed by atoms with Gasteiger partial charge in [-0.25, -0.2) is 0 Å². The van der Waals surface area contributed by atoms with Crippen molar-refractivity contribution in [3.8, 4) is 0 Å². The van der Waals surface area contributed by atoms with E-state index in [0.29, 0.717) is 0 Å². The SMILES string of the molecule is CCCC(CC)NC1CNC1. The van der Waals surface area contributed by atoms with Crippen LogP contribution in [0.1, 0.15) is 33.1 Å². The largest absolute Gasteiger partial charge is 0.314 e. The van der Waals surface area contributed by atoms with Gasteiger partial charge in [0.15, 0.2) is 0 Å². The molecule has 2 heteroatoms. The molecule has 1 atom stereocenters. The predicted octanol–water partition coefficient (Wildman–Crippen LogP) is 1.13. The Kier molecular flexibility index (Phi) is 3.87. The first-order valence-corrected chi connectivity index (χ1v) is 4.83. The third-order valence-electron chi connectivity index (χ3n) is 2.38. The molecular weight excluding hydrogens is 136 g/mol. The van der Waals surface area contributed by atoms with Gasteiger partial charge in [0.25, 0.3) is 0 Å². The lowest BCUT2D eigenvalue weighted by molar-refractivity contribution is 0.313. The molecular formula is C9H20N2. The van der Waals surface area contributed by atoms with E-state index in [-0.39, 0.29) is 0 Å². The predicted molar refractivity (Wildman–Crippen MR) is 48.8 cm³/mol. The Morgan fingerprint density at radius 2 is 2.18 bits per heavy atom. The van der Waals surface area contributed by atoms with Gasteiger partial charge < -0.3 is 10.6 Å². The Bertz CT molecular complexity index is 99.7. The molecule has 0 radical (unpaired) electrons. The van der Waals surface area contributed by atoms with Crippen molar-refractivity contribution in [2.45, 2.75) is 45.2 Å². The fourth-order valence-corrected chi connectivity index (χ4v) is 1.49. The number of hydrogen-bond acceptors (Lipinski definition) is 2. The lowest BCUT2D eigenvalue weighted by Gasteiger charge is -2.32. The zero-order valence-corrected chi connectivity index (χ0v) is 7.69. The molecule has 2 N–H and O–H groups in total. The molecule has 2 nitrogen and oxygen atoms in total. The van der Waals surface area contributed by atoms with Crippen LogP contribution in [-0.4, -0.2) is 25.2 Å². The van der Waals surface area contributed by atoms with Gasteiger partial charge in [-0.15, -0.1) is 0 Å². The minimum Gasteiger partial charge on any atom is -0.314 e. The molecule has 0 saturated carbocycles. The summed E-state index contributed by atoms with van der Waals surface area (Å²) in [5.74, 6) is 0. The summed E-state index contributed by atoms with van der Waals surface area (Å²) in [6.07, 6.45) is 3.89. The van der Waals surface area contributed by atoms with Crippen molar-refractivity contribution in [1.82, 2.24) is 10.6 Å². The molecule has 0 aromatic rings. The minimum absolute atomic E-state index is 0.756. The molecule has 0 aromatic heterocycles. The number of nitrogens with one attached hydrogen (secondary N) is 2. The first kappa shape index (κ1) is 9.01. The third kappa shape index (κ3) is 2.80. The number of rotatable bonds is 5. The minimum atomic E-state index is 0.756. The van der Waals surface area contributed by atoms with Gasteiger partial charge in [0, 0.05) is 25.2 Å². The van der Waals surface area contributed by atoms with Gasteiger partial charge >= 0.3 is 0 Å². The van der Waals surface area contributed by atoms with Crippen LogP contribution in [0.25, 0.3) is 0 Å². The van der Waals surface area contributed by atoms with Crippen LogP contribution in [-0.2, 0) is 0 Å². The molecule has 0 amide bonds. The molecule has 1 heterocycles. The maximum absolute atomic E-state index is 3.64. The molecule has 1 saturated heterocycles. The van der Waals surface area contributed by atoms with Gasteiger partial charge in [-0.3, -0.25) is 0 Å². The monoisotopic (exact) mass is 156 g/mol. The van der Waals surface area contributed by atoms with Crippen LogP contribution in [0.5, 0.6) is 0 Å². The second-order valence-corrected chi connectivity index (χ2v) is 3.42. The van der Waals surface area contributed by atoms with E-state index in [0.717, 1.165) is 12.1 Å². The standard InChI is InChI=1S/C9H20N2/c1-3-5-8(4-2)11-9-6-10-7-9/h8-11H,3-7H2,1-2H3. The van der Waals surface area contributed by atoms with Crippen molar-refractivity contribution in [3.05, 3.63) is 0 Å². The van der Waals surface area contributed by atoms with Gasteiger partial charge in [0.05, 0.1) is 0 Å². The zero-order valence-electron chi connectivity index (χ0n) is 7.69. The highest BCUT2D eigenvalue weighted by molar-refractivity contribution is 4.84. The van der Waals surface area contributed by atoms with Gasteiger partial charge in [0.1, 0.15) is 0 Å². The van der Waals surface area contributed by atoms with Crippen LogP contribution in [0.3, 0.4) is 0 Å². The summed E-state index contributed by atoms with van der Waals surface area (Å²) >= 11 is 0. The van der Waals surface area contributed by atoms with E-state index in [1.165, 1.54) is 32.4 Å². The molecule has 1 aliphatic rings. The van der Waals surface area contributed by atoms with Gasteiger partial charge in [-0.1, -0.05) is 20.3 Å². The first-order valence-electron chi connectivity index (χ1n) is 4.83. The summed E-state index contributed by atoms with van der Waals surface area (Å²) < 4.78 is 0. The Balaban J connectivity index is 2.08. The molecule has 0 aliphatic carbocycles. The van der Waals surface area contributed by atoms with E-state index in [1.54, 1.807) is 0 Å². The molecule has 0 bridgehead atoms. The second-order valence-electron chi connectivity index (χ2n) is 3.42. The summed E-state index contributed by atoms with van der Waals surface area (Å²) in [6.45, 7) is 6.85. The maximum Gasteiger partial charge on any atom is 0.0319 e. The average molecular weight is 156 g/mol. The van der Waals surface area contributed by atoms with E-state index in [4.69, 9.17) is 0 Å². The highest BCUT2D eigenvalue weighted by Gasteiger charge is 2.18. The molecule has 1 fully saturated rings. The molecule has 11 heavy (non-hydrogen) atoms. The molecule has 0 aromatic carbocycles. The van der Waals surface area contributed by atoms with Crippen LogP contribution in [0.4, 0.5) is 0 Å². The molecule has 1 aliphatic heterocycles. The van der Waals surface area contributed by atoms with Crippen molar-refractivity contribution in [1.29, 1.82) is 0 Å². The Morgan fingerprint density at radius 3 is 2.55 bits per heavy atom. The van der Waals surface area contributed by atoms with E-state index >= 15 is 0 Å². The average Bonchev–Trinajstić information content (AvgIpc) is 1.94. The van der Waals surface area contributed by atoms with Crippen LogP contribution in [0.2, 0.25) is 0 Å². The lowest BCUT2D eigenvalue weighted by atomic mass is 10.1. The molecule has 1 rings (SSSR count). The summed E-state index contributed by atoms with van der Waals surface area (Å²) in [5.41, 5.74) is 0. The number of hydrogen-bond donors (Lipinski definition) is 2. The first-order chi connectivity index (χ1) is 5.36. The Morgan fingerprint density at radius 1 is 1.45 bits per heavy atom. The Labute approximate surface area is 69.8 Å². The van der Waals surface area contributed by atoms with Gasteiger partial charge in [-0.2, -0.15) is 0 Å². The van der Waals surface area contributed by atoms with Gasteiger partial charge in [-0.05, 0) is 12.8 Å². The Hall–Kier alpha value is -0.0800. The van der Waals surface area contributed by atoms with E-state index < -0.39 is 0 Å². The van der Waals surface area contributed by atoms with Crippen molar-refractivity contribution in [2.75, 3.05) is 13.1 Å². The van der Waals surface area contributed by atoms with Crippen LogP contribution in [0, 0.1) is 0 Å². The van der Waals surface area contributed by atoms with Crippen LogP contribution in [0.15, 0.2) is 0 Å². The normalized spacial score (nSPS) is 21.3. The van der Waals surface area contributed by atoms with Crippen molar-refractivity contribution in [3.63, 3.8) is 0 Å². The van der Waals surface area contributed by atoms with Crippen molar-refractivity contribution >= 4 is 0 Å². The molecule has 0 spiro atoms. The van der Waals surface area contributed by atoms with Gasteiger partial charge in [0.2, 0.25) is 0 Å². The zero-order chi connectivity index (χ0) is 8.10. The maximum atomic E-state index is 3.64. The molecule has 66 valence electrons. The molecule has 1 unspecified atom stereocenters. The third-order valence-corrected chi connectivity index (χ3v) is 2.38. The van der Waals surface area contributed by atoms with Crippen molar-refractivity contribution in [2.24, 2.45) is 0 Å². The highest BCUT2D eigenvalue weighted by Crippen LogP contribution is 2.03.